The Morgan fingerprint density at radius 1 is 1.37 bits per heavy atom. The molecule has 0 unspecified atom stereocenters. The molecule has 106 valence electrons. The maximum Gasteiger partial charge on any atom is 0.226 e. The van der Waals surface area contributed by atoms with Gasteiger partial charge in [-0.1, -0.05) is 0 Å². The summed E-state index contributed by atoms with van der Waals surface area (Å²) < 4.78 is 5.06. The van der Waals surface area contributed by atoms with Crippen molar-refractivity contribution in [1.82, 2.24) is 15.3 Å². The number of carbonyl (C=O) groups is 1. The van der Waals surface area contributed by atoms with Gasteiger partial charge in [-0.15, -0.1) is 0 Å². The van der Waals surface area contributed by atoms with Gasteiger partial charge in [0, 0.05) is 30.3 Å². The van der Waals surface area contributed by atoms with Crippen LogP contribution in [0.5, 0.6) is 5.88 Å². The number of aryl methyl sites for hydroxylation is 1. The molecule has 0 radical (unpaired) electrons. The van der Waals surface area contributed by atoms with Crippen LogP contribution in [-0.2, 0) is 4.79 Å². The Hall–Kier alpha value is -1.85. The zero-order chi connectivity index (χ0) is 14.5. The van der Waals surface area contributed by atoms with Crippen LogP contribution < -0.4 is 15.4 Å². The highest BCUT2D eigenvalue weighted by Crippen LogP contribution is 2.11. The third kappa shape index (κ3) is 6.03. The van der Waals surface area contributed by atoms with Crippen molar-refractivity contribution in [2.45, 2.75) is 39.7 Å². The normalized spacial score (nSPS) is 11.0. The summed E-state index contributed by atoms with van der Waals surface area (Å²) in [5, 5.41) is 5.91. The van der Waals surface area contributed by atoms with Crippen LogP contribution in [0.1, 0.15) is 32.9 Å². The predicted molar refractivity (Wildman–Crippen MR) is 74.3 cm³/mol. The van der Waals surface area contributed by atoms with E-state index < -0.39 is 0 Å². The van der Waals surface area contributed by atoms with E-state index in [1.54, 1.807) is 13.2 Å². The first-order valence-corrected chi connectivity index (χ1v) is 6.25. The lowest BCUT2D eigenvalue weighted by atomic mass is 10.1. The minimum atomic E-state index is -0.208. The topological polar surface area (TPSA) is 76.1 Å². The SMILES string of the molecule is COc1cc(C)nc(NCCC(=O)NC(C)(C)C)n1. The number of aromatic nitrogens is 2. The molecular formula is C13H22N4O2. The second-order valence-electron chi connectivity index (χ2n) is 5.35. The number of rotatable bonds is 5. The predicted octanol–water partition coefficient (Wildman–Crippen LogP) is 1.51. The summed E-state index contributed by atoms with van der Waals surface area (Å²) >= 11 is 0. The Morgan fingerprint density at radius 2 is 2.05 bits per heavy atom. The van der Waals surface area contributed by atoms with Crippen LogP contribution in [0.3, 0.4) is 0 Å². The van der Waals surface area contributed by atoms with Crippen molar-refractivity contribution in [1.29, 1.82) is 0 Å². The van der Waals surface area contributed by atoms with Crippen molar-refractivity contribution < 1.29 is 9.53 Å². The Morgan fingerprint density at radius 3 is 2.63 bits per heavy atom. The molecule has 6 nitrogen and oxygen atoms in total. The van der Waals surface area contributed by atoms with Crippen molar-refractivity contribution in [3.63, 3.8) is 0 Å². The lowest BCUT2D eigenvalue weighted by molar-refractivity contribution is -0.122. The van der Waals surface area contributed by atoms with E-state index in [9.17, 15) is 4.79 Å². The summed E-state index contributed by atoms with van der Waals surface area (Å²) in [6.45, 7) is 8.20. The number of methoxy groups -OCH3 is 1. The third-order valence-electron chi connectivity index (χ3n) is 2.19. The van der Waals surface area contributed by atoms with Gasteiger partial charge in [0.05, 0.1) is 7.11 Å². The summed E-state index contributed by atoms with van der Waals surface area (Å²) in [7, 11) is 1.56. The minimum Gasteiger partial charge on any atom is -0.481 e. The first-order chi connectivity index (χ1) is 8.80. The molecule has 0 saturated carbocycles. The highest BCUT2D eigenvalue weighted by atomic mass is 16.5. The van der Waals surface area contributed by atoms with Gasteiger partial charge in [-0.25, -0.2) is 4.98 Å². The molecule has 0 aliphatic carbocycles. The van der Waals surface area contributed by atoms with E-state index in [1.807, 2.05) is 27.7 Å². The molecular weight excluding hydrogens is 244 g/mol. The van der Waals surface area contributed by atoms with Gasteiger partial charge in [-0.3, -0.25) is 4.79 Å². The first kappa shape index (κ1) is 15.2. The molecule has 0 saturated heterocycles. The number of ether oxygens (including phenoxy) is 1. The van der Waals surface area contributed by atoms with E-state index in [0.29, 0.717) is 24.8 Å². The van der Waals surface area contributed by atoms with Crippen molar-refractivity contribution in [2.75, 3.05) is 19.0 Å². The van der Waals surface area contributed by atoms with Gasteiger partial charge in [0.15, 0.2) is 0 Å². The van der Waals surface area contributed by atoms with Gasteiger partial charge >= 0.3 is 0 Å². The zero-order valence-electron chi connectivity index (χ0n) is 12.2. The summed E-state index contributed by atoms with van der Waals surface area (Å²) in [6.07, 6.45) is 0.372. The molecule has 0 fully saturated rings. The van der Waals surface area contributed by atoms with E-state index in [2.05, 4.69) is 20.6 Å². The molecule has 0 aliphatic rings. The average Bonchev–Trinajstić information content (AvgIpc) is 2.25. The van der Waals surface area contributed by atoms with Crippen LogP contribution in [-0.4, -0.2) is 35.1 Å². The standard InChI is InChI=1S/C13H22N4O2/c1-9-8-11(19-5)16-12(15-9)14-7-6-10(18)17-13(2,3)4/h8H,6-7H2,1-5H3,(H,17,18)(H,14,15,16). The van der Waals surface area contributed by atoms with E-state index in [-0.39, 0.29) is 11.4 Å². The molecule has 1 rings (SSSR count). The van der Waals surface area contributed by atoms with Gasteiger partial charge in [0.2, 0.25) is 17.7 Å². The Kier molecular flexibility index (Phi) is 5.09. The summed E-state index contributed by atoms with van der Waals surface area (Å²) in [4.78, 5) is 20.0. The lowest BCUT2D eigenvalue weighted by Gasteiger charge is -2.20. The summed E-state index contributed by atoms with van der Waals surface area (Å²) in [5.41, 5.74) is 0.605. The molecule has 0 atom stereocenters. The highest BCUT2D eigenvalue weighted by Gasteiger charge is 2.13. The zero-order valence-corrected chi connectivity index (χ0v) is 12.2. The van der Waals surface area contributed by atoms with E-state index in [1.165, 1.54) is 0 Å². The lowest BCUT2D eigenvalue weighted by Crippen LogP contribution is -2.41. The summed E-state index contributed by atoms with van der Waals surface area (Å²) in [5.74, 6) is 0.981. The molecule has 2 N–H and O–H groups in total. The maximum absolute atomic E-state index is 11.6. The first-order valence-electron chi connectivity index (χ1n) is 6.25. The van der Waals surface area contributed by atoms with Gasteiger partial charge in [0.25, 0.3) is 0 Å². The molecule has 0 bridgehead atoms. The third-order valence-corrected chi connectivity index (χ3v) is 2.19. The van der Waals surface area contributed by atoms with Crippen molar-refractivity contribution in [2.24, 2.45) is 0 Å². The highest BCUT2D eigenvalue weighted by molar-refractivity contribution is 5.77. The second-order valence-corrected chi connectivity index (χ2v) is 5.35. The quantitative estimate of drug-likeness (QED) is 0.845. The summed E-state index contributed by atoms with van der Waals surface area (Å²) in [6, 6.07) is 1.75. The molecule has 1 aromatic rings. The van der Waals surface area contributed by atoms with Crippen LogP contribution in [0.4, 0.5) is 5.95 Å². The van der Waals surface area contributed by atoms with Crippen LogP contribution in [0.15, 0.2) is 6.07 Å². The molecule has 6 heteroatoms. The molecule has 1 aromatic heterocycles. The Bertz CT molecular complexity index is 441. The number of amides is 1. The number of nitrogens with one attached hydrogen (secondary N) is 2. The number of nitrogens with zero attached hydrogens (tertiary/aromatic N) is 2. The average molecular weight is 266 g/mol. The van der Waals surface area contributed by atoms with Gasteiger partial charge in [-0.2, -0.15) is 4.98 Å². The fourth-order valence-corrected chi connectivity index (χ4v) is 1.49. The fourth-order valence-electron chi connectivity index (χ4n) is 1.49. The van der Waals surface area contributed by atoms with E-state index in [0.717, 1.165) is 5.69 Å². The van der Waals surface area contributed by atoms with Crippen LogP contribution >= 0.6 is 0 Å². The molecule has 1 amide bonds. The Balaban J connectivity index is 2.45. The van der Waals surface area contributed by atoms with Gasteiger partial charge in [-0.05, 0) is 27.7 Å². The van der Waals surface area contributed by atoms with Crippen LogP contribution in [0.2, 0.25) is 0 Å². The van der Waals surface area contributed by atoms with Crippen LogP contribution in [0, 0.1) is 6.92 Å². The van der Waals surface area contributed by atoms with E-state index >= 15 is 0 Å². The molecule has 19 heavy (non-hydrogen) atoms. The largest absolute Gasteiger partial charge is 0.481 e. The fraction of sp³-hybridized carbons (Fsp3) is 0.615. The second kappa shape index (κ2) is 6.36. The molecule has 0 aliphatic heterocycles. The van der Waals surface area contributed by atoms with Crippen molar-refractivity contribution in [3.05, 3.63) is 11.8 Å². The van der Waals surface area contributed by atoms with Crippen molar-refractivity contribution >= 4 is 11.9 Å². The van der Waals surface area contributed by atoms with Gasteiger partial charge in [0.1, 0.15) is 0 Å². The molecule has 0 spiro atoms. The number of carbonyl (C=O) groups excluding carboxylic acids is 1. The Labute approximate surface area is 114 Å². The number of hydrogen-bond acceptors (Lipinski definition) is 5. The van der Waals surface area contributed by atoms with Crippen molar-refractivity contribution in [3.8, 4) is 5.88 Å². The van der Waals surface area contributed by atoms with E-state index in [4.69, 9.17) is 4.74 Å². The maximum atomic E-state index is 11.6. The monoisotopic (exact) mass is 266 g/mol. The minimum absolute atomic E-state index is 0.000354. The number of hydrogen-bond donors (Lipinski definition) is 2. The number of anilines is 1. The molecule has 0 aromatic carbocycles. The smallest absolute Gasteiger partial charge is 0.226 e. The van der Waals surface area contributed by atoms with Gasteiger partial charge < -0.3 is 15.4 Å². The molecule has 1 heterocycles. The van der Waals surface area contributed by atoms with Crippen LogP contribution in [0.25, 0.3) is 0 Å².